The van der Waals surface area contributed by atoms with Crippen LogP contribution in [0.1, 0.15) is 17.5 Å². The van der Waals surface area contributed by atoms with Crippen LogP contribution in [0.25, 0.3) is 0 Å². The summed E-state index contributed by atoms with van der Waals surface area (Å²) in [5.41, 5.74) is 2.06. The van der Waals surface area contributed by atoms with E-state index in [0.717, 1.165) is 21.9 Å². The summed E-state index contributed by atoms with van der Waals surface area (Å²) >= 11 is 6.02. The van der Waals surface area contributed by atoms with Gasteiger partial charge in [-0.15, -0.1) is 12.3 Å². The maximum atomic E-state index is 6.02. The molecule has 0 atom stereocenters. The molecule has 0 saturated carbocycles. The molecule has 1 aromatic rings. The van der Waals surface area contributed by atoms with E-state index in [-0.39, 0.29) is 0 Å². The molecule has 0 fully saturated rings. The van der Waals surface area contributed by atoms with E-state index >= 15 is 0 Å². The minimum atomic E-state index is 0.553. The first kappa shape index (κ1) is 10.9. The van der Waals surface area contributed by atoms with E-state index in [9.17, 15) is 0 Å². The standard InChI is InChI=1S/C12H13ClO/c1-4-5-6-14-11-7-9(2)12(13)10(3)8-11/h1,7-8H,5-6H2,2-3H3. The quantitative estimate of drug-likeness (QED) is 0.547. The Hall–Kier alpha value is -1.13. The third-order valence-corrected chi connectivity index (χ3v) is 2.52. The number of aryl methyl sites for hydroxylation is 2. The highest BCUT2D eigenvalue weighted by atomic mass is 35.5. The van der Waals surface area contributed by atoms with Crippen LogP contribution in [-0.2, 0) is 0 Å². The number of terminal acetylenes is 1. The molecule has 0 spiro atoms. The lowest BCUT2D eigenvalue weighted by Crippen LogP contribution is -1.96. The van der Waals surface area contributed by atoms with Crippen LogP contribution in [0.4, 0.5) is 0 Å². The number of hydrogen-bond acceptors (Lipinski definition) is 1. The second-order valence-corrected chi connectivity index (χ2v) is 3.55. The van der Waals surface area contributed by atoms with Crippen molar-refractivity contribution in [1.82, 2.24) is 0 Å². The van der Waals surface area contributed by atoms with Gasteiger partial charge in [0.15, 0.2) is 0 Å². The van der Waals surface area contributed by atoms with Crippen LogP contribution < -0.4 is 4.74 Å². The average molecular weight is 209 g/mol. The third kappa shape index (κ3) is 2.68. The van der Waals surface area contributed by atoms with Crippen molar-refractivity contribution in [2.45, 2.75) is 20.3 Å². The Balaban J connectivity index is 2.75. The topological polar surface area (TPSA) is 9.23 Å². The highest BCUT2D eigenvalue weighted by molar-refractivity contribution is 6.32. The first-order valence-corrected chi connectivity index (χ1v) is 4.86. The summed E-state index contributed by atoms with van der Waals surface area (Å²) in [4.78, 5) is 0. The van der Waals surface area contributed by atoms with Gasteiger partial charge in [-0.1, -0.05) is 11.6 Å². The van der Waals surface area contributed by atoms with Gasteiger partial charge >= 0.3 is 0 Å². The highest BCUT2D eigenvalue weighted by Crippen LogP contribution is 2.25. The van der Waals surface area contributed by atoms with Gasteiger partial charge in [-0.25, -0.2) is 0 Å². The van der Waals surface area contributed by atoms with Gasteiger partial charge in [-0.05, 0) is 37.1 Å². The Morgan fingerprint density at radius 3 is 2.43 bits per heavy atom. The summed E-state index contributed by atoms with van der Waals surface area (Å²) < 4.78 is 5.46. The summed E-state index contributed by atoms with van der Waals surface area (Å²) in [6, 6.07) is 3.84. The van der Waals surface area contributed by atoms with E-state index in [2.05, 4.69) is 5.92 Å². The number of ether oxygens (including phenoxy) is 1. The first-order valence-electron chi connectivity index (χ1n) is 4.48. The van der Waals surface area contributed by atoms with E-state index in [1.807, 2.05) is 26.0 Å². The van der Waals surface area contributed by atoms with Crippen molar-refractivity contribution in [3.05, 3.63) is 28.3 Å². The van der Waals surface area contributed by atoms with Crippen molar-refractivity contribution >= 4 is 11.6 Å². The molecular weight excluding hydrogens is 196 g/mol. The number of benzene rings is 1. The lowest BCUT2D eigenvalue weighted by Gasteiger charge is -2.08. The molecule has 0 N–H and O–H groups in total. The molecule has 0 radical (unpaired) electrons. The Morgan fingerprint density at radius 2 is 1.93 bits per heavy atom. The molecule has 0 heterocycles. The predicted octanol–water partition coefficient (Wildman–Crippen LogP) is 3.36. The molecule has 1 rings (SSSR count). The molecule has 2 heteroatoms. The summed E-state index contributed by atoms with van der Waals surface area (Å²) in [5, 5.41) is 0.800. The second kappa shape index (κ2) is 4.93. The van der Waals surface area contributed by atoms with Gasteiger partial charge in [0.1, 0.15) is 5.75 Å². The third-order valence-electron chi connectivity index (χ3n) is 1.93. The van der Waals surface area contributed by atoms with Crippen molar-refractivity contribution in [3.63, 3.8) is 0 Å². The van der Waals surface area contributed by atoms with Crippen LogP contribution >= 0.6 is 11.6 Å². The maximum Gasteiger partial charge on any atom is 0.119 e. The Morgan fingerprint density at radius 1 is 1.36 bits per heavy atom. The Kier molecular flexibility index (Phi) is 3.85. The van der Waals surface area contributed by atoms with E-state index < -0.39 is 0 Å². The van der Waals surface area contributed by atoms with Crippen LogP contribution in [0, 0.1) is 26.2 Å². The van der Waals surface area contributed by atoms with Gasteiger partial charge in [-0.2, -0.15) is 0 Å². The van der Waals surface area contributed by atoms with Crippen LogP contribution in [0.5, 0.6) is 5.75 Å². The van der Waals surface area contributed by atoms with Gasteiger partial charge in [0.25, 0.3) is 0 Å². The summed E-state index contributed by atoms with van der Waals surface area (Å²) in [6.07, 6.45) is 5.75. The lowest BCUT2D eigenvalue weighted by molar-refractivity contribution is 0.327. The zero-order chi connectivity index (χ0) is 10.6. The maximum absolute atomic E-state index is 6.02. The van der Waals surface area contributed by atoms with Crippen molar-refractivity contribution in [3.8, 4) is 18.1 Å². The predicted molar refractivity (Wildman–Crippen MR) is 59.9 cm³/mol. The average Bonchev–Trinajstić information content (AvgIpc) is 2.14. The molecule has 0 saturated heterocycles. The molecule has 1 aromatic carbocycles. The minimum Gasteiger partial charge on any atom is -0.493 e. The molecular formula is C12H13ClO. The SMILES string of the molecule is C#CCCOc1cc(C)c(Cl)c(C)c1. The normalized spacial score (nSPS) is 9.57. The molecule has 0 bridgehead atoms. The summed E-state index contributed by atoms with van der Waals surface area (Å²) in [5.74, 6) is 3.36. The van der Waals surface area contributed by atoms with Crippen LogP contribution in [-0.4, -0.2) is 6.61 Å². The summed E-state index contributed by atoms with van der Waals surface area (Å²) in [6.45, 7) is 4.48. The van der Waals surface area contributed by atoms with E-state index in [1.165, 1.54) is 0 Å². The van der Waals surface area contributed by atoms with Crippen molar-refractivity contribution in [2.24, 2.45) is 0 Å². The molecule has 1 nitrogen and oxygen atoms in total. The first-order chi connectivity index (χ1) is 6.65. The van der Waals surface area contributed by atoms with Crippen molar-refractivity contribution in [1.29, 1.82) is 0 Å². The molecule has 0 amide bonds. The van der Waals surface area contributed by atoms with Crippen LogP contribution in [0.15, 0.2) is 12.1 Å². The van der Waals surface area contributed by atoms with Crippen LogP contribution in [0.2, 0.25) is 5.02 Å². The van der Waals surface area contributed by atoms with Gasteiger partial charge < -0.3 is 4.74 Å². The monoisotopic (exact) mass is 208 g/mol. The number of halogens is 1. The zero-order valence-electron chi connectivity index (χ0n) is 8.43. The van der Waals surface area contributed by atoms with Crippen molar-refractivity contribution < 1.29 is 4.74 Å². The zero-order valence-corrected chi connectivity index (χ0v) is 9.19. The van der Waals surface area contributed by atoms with Gasteiger partial charge in [0.2, 0.25) is 0 Å². The fourth-order valence-electron chi connectivity index (χ4n) is 1.22. The Bertz CT molecular complexity index is 340. The lowest BCUT2D eigenvalue weighted by atomic mass is 10.1. The molecule has 0 aromatic heterocycles. The fraction of sp³-hybridized carbons (Fsp3) is 0.333. The van der Waals surface area contributed by atoms with E-state index in [0.29, 0.717) is 13.0 Å². The fourth-order valence-corrected chi connectivity index (χ4v) is 1.33. The van der Waals surface area contributed by atoms with Gasteiger partial charge in [0, 0.05) is 11.4 Å². The smallest absolute Gasteiger partial charge is 0.119 e. The highest BCUT2D eigenvalue weighted by Gasteiger charge is 2.02. The largest absolute Gasteiger partial charge is 0.493 e. The molecule has 0 aliphatic carbocycles. The van der Waals surface area contributed by atoms with Gasteiger partial charge in [-0.3, -0.25) is 0 Å². The molecule has 0 aliphatic rings. The van der Waals surface area contributed by atoms with Crippen molar-refractivity contribution in [2.75, 3.05) is 6.61 Å². The Labute approximate surface area is 90.0 Å². The van der Waals surface area contributed by atoms with Crippen LogP contribution in [0.3, 0.4) is 0 Å². The van der Waals surface area contributed by atoms with Gasteiger partial charge in [0.05, 0.1) is 6.61 Å². The molecule has 74 valence electrons. The molecule has 14 heavy (non-hydrogen) atoms. The van der Waals surface area contributed by atoms with E-state index in [1.54, 1.807) is 0 Å². The molecule has 0 aliphatic heterocycles. The second-order valence-electron chi connectivity index (χ2n) is 3.17. The minimum absolute atomic E-state index is 0.553. The summed E-state index contributed by atoms with van der Waals surface area (Å²) in [7, 11) is 0. The number of rotatable bonds is 3. The van der Waals surface area contributed by atoms with E-state index in [4.69, 9.17) is 22.8 Å². The molecule has 0 unspecified atom stereocenters. The number of hydrogen-bond donors (Lipinski definition) is 0.